The number of primary amides is 1. The number of aliphatic carboxylic acids is 1. The van der Waals surface area contributed by atoms with Gasteiger partial charge < -0.3 is 21.5 Å². The third-order valence-corrected chi connectivity index (χ3v) is 4.02. The van der Waals surface area contributed by atoms with Crippen LogP contribution in [0.1, 0.15) is 46.0 Å². The molecule has 7 heteroatoms. The predicted octanol–water partition coefficient (Wildman–Crippen LogP) is 0.583. The number of urea groups is 1. The van der Waals surface area contributed by atoms with Crippen LogP contribution in [-0.4, -0.2) is 34.6 Å². The Morgan fingerprint density at radius 3 is 2.25 bits per heavy atom. The molecule has 2 unspecified atom stereocenters. The molecule has 2 atom stereocenters. The van der Waals surface area contributed by atoms with E-state index < -0.39 is 29.5 Å². The first kappa shape index (κ1) is 16.3. The second kappa shape index (κ2) is 6.58. The Labute approximate surface area is 118 Å². The van der Waals surface area contributed by atoms with E-state index in [0.29, 0.717) is 19.3 Å². The lowest BCUT2D eigenvalue weighted by molar-refractivity contribution is -0.147. The highest BCUT2D eigenvalue weighted by Gasteiger charge is 2.44. The molecule has 5 N–H and O–H groups in total. The van der Waals surface area contributed by atoms with E-state index in [2.05, 4.69) is 10.6 Å². The van der Waals surface area contributed by atoms with Gasteiger partial charge in [0.25, 0.3) is 0 Å². The molecule has 1 aliphatic carbocycles. The number of nitrogens with two attached hydrogens (primary N) is 1. The first-order chi connectivity index (χ1) is 9.32. The lowest BCUT2D eigenvalue weighted by Gasteiger charge is -2.30. The standard InChI is InChI=1S/C13H23N3O4/c1-3-8(2)9(15-12(14)20)10(17)16-13(11(18)19)6-4-5-7-13/h8-9H,3-7H2,1-2H3,(H,16,17)(H,18,19)(H3,14,15,20). The Morgan fingerprint density at radius 1 is 1.30 bits per heavy atom. The van der Waals surface area contributed by atoms with Crippen molar-refractivity contribution < 1.29 is 19.5 Å². The van der Waals surface area contributed by atoms with Crippen LogP contribution >= 0.6 is 0 Å². The molecule has 1 aliphatic rings. The van der Waals surface area contributed by atoms with Gasteiger partial charge in [0, 0.05) is 0 Å². The highest BCUT2D eigenvalue weighted by atomic mass is 16.4. The minimum absolute atomic E-state index is 0.130. The zero-order valence-electron chi connectivity index (χ0n) is 11.9. The van der Waals surface area contributed by atoms with Crippen LogP contribution in [-0.2, 0) is 9.59 Å². The molecule has 1 rings (SSSR count). The zero-order chi connectivity index (χ0) is 15.3. The van der Waals surface area contributed by atoms with Crippen molar-refractivity contribution >= 4 is 17.9 Å². The van der Waals surface area contributed by atoms with E-state index in [4.69, 9.17) is 5.73 Å². The average Bonchev–Trinajstić information content (AvgIpc) is 2.84. The van der Waals surface area contributed by atoms with Crippen molar-refractivity contribution in [1.29, 1.82) is 0 Å². The summed E-state index contributed by atoms with van der Waals surface area (Å²) in [5, 5.41) is 14.3. The summed E-state index contributed by atoms with van der Waals surface area (Å²) in [4.78, 5) is 34.7. The monoisotopic (exact) mass is 285 g/mol. The smallest absolute Gasteiger partial charge is 0.329 e. The van der Waals surface area contributed by atoms with E-state index in [1.807, 2.05) is 13.8 Å². The van der Waals surface area contributed by atoms with Crippen molar-refractivity contribution in [3.8, 4) is 0 Å². The normalized spacial score (nSPS) is 19.9. The minimum Gasteiger partial charge on any atom is -0.480 e. The van der Waals surface area contributed by atoms with Crippen molar-refractivity contribution in [1.82, 2.24) is 10.6 Å². The quantitative estimate of drug-likeness (QED) is 0.570. The second-order valence-corrected chi connectivity index (χ2v) is 5.46. The fourth-order valence-electron chi connectivity index (χ4n) is 2.54. The number of hydrogen-bond acceptors (Lipinski definition) is 3. The Morgan fingerprint density at radius 2 is 1.85 bits per heavy atom. The molecule has 20 heavy (non-hydrogen) atoms. The van der Waals surface area contributed by atoms with Gasteiger partial charge in [-0.2, -0.15) is 0 Å². The Bertz CT molecular complexity index is 391. The molecule has 3 amide bonds. The van der Waals surface area contributed by atoms with E-state index >= 15 is 0 Å². The number of nitrogens with one attached hydrogen (secondary N) is 2. The Hall–Kier alpha value is -1.79. The zero-order valence-corrected chi connectivity index (χ0v) is 11.9. The second-order valence-electron chi connectivity index (χ2n) is 5.46. The van der Waals surface area contributed by atoms with Gasteiger partial charge in [0.1, 0.15) is 11.6 Å². The third-order valence-electron chi connectivity index (χ3n) is 4.02. The number of carboxylic acid groups (broad SMARTS) is 1. The summed E-state index contributed by atoms with van der Waals surface area (Å²) < 4.78 is 0. The van der Waals surface area contributed by atoms with Gasteiger partial charge in [-0.05, 0) is 18.8 Å². The van der Waals surface area contributed by atoms with Crippen LogP contribution in [0.15, 0.2) is 0 Å². The predicted molar refractivity (Wildman–Crippen MR) is 72.9 cm³/mol. The van der Waals surface area contributed by atoms with Gasteiger partial charge in [0.2, 0.25) is 5.91 Å². The number of carboxylic acids is 1. The van der Waals surface area contributed by atoms with Crippen molar-refractivity contribution in [3.05, 3.63) is 0 Å². The van der Waals surface area contributed by atoms with Crippen LogP contribution < -0.4 is 16.4 Å². The molecular formula is C13H23N3O4. The van der Waals surface area contributed by atoms with E-state index in [1.165, 1.54) is 0 Å². The summed E-state index contributed by atoms with van der Waals surface area (Å²) in [7, 11) is 0. The maximum Gasteiger partial charge on any atom is 0.329 e. The van der Waals surface area contributed by atoms with Gasteiger partial charge in [-0.3, -0.25) is 4.79 Å². The van der Waals surface area contributed by atoms with E-state index in [0.717, 1.165) is 12.8 Å². The minimum atomic E-state index is -1.21. The molecule has 0 aromatic rings. The molecule has 0 aromatic carbocycles. The van der Waals surface area contributed by atoms with Gasteiger partial charge in [-0.25, -0.2) is 9.59 Å². The average molecular weight is 285 g/mol. The third kappa shape index (κ3) is 3.61. The van der Waals surface area contributed by atoms with Gasteiger partial charge in [-0.15, -0.1) is 0 Å². The maximum atomic E-state index is 12.3. The molecule has 0 aliphatic heterocycles. The number of carbonyl (C=O) groups excluding carboxylic acids is 2. The summed E-state index contributed by atoms with van der Waals surface area (Å²) >= 11 is 0. The summed E-state index contributed by atoms with van der Waals surface area (Å²) in [6.07, 6.45) is 3.03. The highest BCUT2D eigenvalue weighted by molar-refractivity contribution is 5.92. The maximum absolute atomic E-state index is 12.3. The first-order valence-corrected chi connectivity index (χ1v) is 6.94. The number of rotatable bonds is 6. The molecule has 0 radical (unpaired) electrons. The van der Waals surface area contributed by atoms with E-state index in [-0.39, 0.29) is 5.92 Å². The van der Waals surface area contributed by atoms with Crippen LogP contribution in [0.25, 0.3) is 0 Å². The molecule has 114 valence electrons. The molecular weight excluding hydrogens is 262 g/mol. The van der Waals surface area contributed by atoms with Crippen molar-refractivity contribution in [2.24, 2.45) is 11.7 Å². The molecule has 1 fully saturated rings. The Balaban J connectivity index is 2.84. The summed E-state index contributed by atoms with van der Waals surface area (Å²) in [5.74, 6) is -1.64. The van der Waals surface area contributed by atoms with Gasteiger partial charge >= 0.3 is 12.0 Å². The molecule has 7 nitrogen and oxygen atoms in total. The lowest BCUT2D eigenvalue weighted by atomic mass is 9.94. The molecule has 0 aromatic heterocycles. The first-order valence-electron chi connectivity index (χ1n) is 6.94. The van der Waals surface area contributed by atoms with Gasteiger partial charge in [0.15, 0.2) is 0 Å². The molecule has 0 saturated heterocycles. The van der Waals surface area contributed by atoms with Gasteiger partial charge in [-0.1, -0.05) is 33.1 Å². The molecule has 0 heterocycles. The summed E-state index contributed by atoms with van der Waals surface area (Å²) in [6.45, 7) is 3.69. The number of hydrogen-bond donors (Lipinski definition) is 4. The fourth-order valence-corrected chi connectivity index (χ4v) is 2.54. The number of amides is 3. The molecule has 1 saturated carbocycles. The van der Waals surface area contributed by atoms with Crippen LogP contribution in [0, 0.1) is 5.92 Å². The molecule has 0 spiro atoms. The van der Waals surface area contributed by atoms with Crippen molar-refractivity contribution in [2.75, 3.05) is 0 Å². The Kier molecular flexibility index (Phi) is 5.35. The number of carbonyl (C=O) groups is 3. The highest BCUT2D eigenvalue weighted by Crippen LogP contribution is 2.30. The van der Waals surface area contributed by atoms with Crippen molar-refractivity contribution in [3.63, 3.8) is 0 Å². The summed E-state index contributed by atoms with van der Waals surface area (Å²) in [6, 6.07) is -1.60. The SMILES string of the molecule is CCC(C)C(NC(N)=O)C(=O)NC1(C(=O)O)CCCC1. The fraction of sp³-hybridized carbons (Fsp3) is 0.769. The molecule has 0 bridgehead atoms. The van der Waals surface area contributed by atoms with Crippen LogP contribution in [0.3, 0.4) is 0 Å². The van der Waals surface area contributed by atoms with Crippen LogP contribution in [0.4, 0.5) is 4.79 Å². The van der Waals surface area contributed by atoms with Gasteiger partial charge in [0.05, 0.1) is 0 Å². The van der Waals surface area contributed by atoms with E-state index in [9.17, 15) is 19.5 Å². The topological polar surface area (TPSA) is 122 Å². The van der Waals surface area contributed by atoms with Crippen LogP contribution in [0.2, 0.25) is 0 Å². The largest absolute Gasteiger partial charge is 0.480 e. The lowest BCUT2D eigenvalue weighted by Crippen LogP contribution is -2.60. The van der Waals surface area contributed by atoms with Crippen molar-refractivity contribution in [2.45, 2.75) is 57.5 Å². The van der Waals surface area contributed by atoms with E-state index in [1.54, 1.807) is 0 Å². The summed E-state index contributed by atoms with van der Waals surface area (Å²) in [5.41, 5.74) is 3.87. The van der Waals surface area contributed by atoms with Crippen LogP contribution in [0.5, 0.6) is 0 Å².